The van der Waals surface area contributed by atoms with E-state index in [1.54, 1.807) is 0 Å². The van der Waals surface area contributed by atoms with Crippen LogP contribution in [-0.2, 0) is 4.79 Å². The Morgan fingerprint density at radius 1 is 0.471 bits per heavy atom. The Kier molecular flexibility index (Phi) is 5.96. The minimum absolute atomic E-state index is 0.422. The molecule has 0 bridgehead atoms. The van der Waals surface area contributed by atoms with Crippen molar-refractivity contribution < 1.29 is 9.59 Å². The zero-order chi connectivity index (χ0) is 23.3. The molecule has 2 nitrogen and oxygen atoms in total. The van der Waals surface area contributed by atoms with Crippen molar-refractivity contribution in [1.29, 1.82) is 0 Å². The molecule has 5 aromatic rings. The van der Waals surface area contributed by atoms with Crippen LogP contribution in [-0.4, -0.2) is 12.1 Å². The summed E-state index contributed by atoms with van der Waals surface area (Å²) in [6, 6.07) is 41.9. The first-order valence-electron chi connectivity index (χ1n) is 11.2. The SMILES string of the molecule is O=CC(=O)c1c(-c2ccccc2)cc(-c2ccccc2)c(-c2ccccc2)c1-c1ccccc1. The summed E-state index contributed by atoms with van der Waals surface area (Å²) in [5.74, 6) is -0.533. The van der Waals surface area contributed by atoms with Crippen LogP contribution in [0.2, 0.25) is 0 Å². The fourth-order valence-corrected chi connectivity index (χ4v) is 4.49. The van der Waals surface area contributed by atoms with Gasteiger partial charge in [0.25, 0.3) is 0 Å². The van der Waals surface area contributed by atoms with Crippen molar-refractivity contribution in [3.63, 3.8) is 0 Å². The molecule has 0 saturated carbocycles. The lowest BCUT2D eigenvalue weighted by Gasteiger charge is -2.22. The fraction of sp³-hybridized carbons (Fsp3) is 0. The molecule has 5 rings (SSSR count). The van der Waals surface area contributed by atoms with Crippen LogP contribution in [0.3, 0.4) is 0 Å². The molecule has 0 fully saturated rings. The maximum absolute atomic E-state index is 13.3. The maximum Gasteiger partial charge on any atom is 0.226 e. The molecule has 0 aliphatic heterocycles. The minimum atomic E-state index is -0.533. The Labute approximate surface area is 199 Å². The second-order valence-electron chi connectivity index (χ2n) is 8.04. The van der Waals surface area contributed by atoms with Gasteiger partial charge in [-0.25, -0.2) is 0 Å². The first kappa shape index (κ1) is 21.3. The molecule has 0 radical (unpaired) electrons. The molecule has 0 unspecified atom stereocenters. The molecule has 0 amide bonds. The van der Waals surface area contributed by atoms with Crippen molar-refractivity contribution >= 4 is 12.1 Å². The minimum Gasteiger partial charge on any atom is -0.294 e. The second-order valence-corrected chi connectivity index (χ2v) is 8.04. The first-order valence-corrected chi connectivity index (χ1v) is 11.2. The van der Waals surface area contributed by atoms with E-state index in [0.717, 1.165) is 44.5 Å². The quantitative estimate of drug-likeness (QED) is 0.154. The smallest absolute Gasteiger partial charge is 0.226 e. The number of carbonyl (C=O) groups excluding carboxylic acids is 2. The van der Waals surface area contributed by atoms with Crippen LogP contribution in [0.1, 0.15) is 10.4 Å². The highest BCUT2D eigenvalue weighted by molar-refractivity contribution is 6.37. The van der Waals surface area contributed by atoms with Gasteiger partial charge in [0.2, 0.25) is 5.78 Å². The molecule has 0 saturated heterocycles. The van der Waals surface area contributed by atoms with Gasteiger partial charge in [-0.15, -0.1) is 0 Å². The van der Waals surface area contributed by atoms with Gasteiger partial charge < -0.3 is 0 Å². The van der Waals surface area contributed by atoms with E-state index in [-0.39, 0.29) is 0 Å². The summed E-state index contributed by atoms with van der Waals surface area (Å²) in [5.41, 5.74) is 7.68. The van der Waals surface area contributed by atoms with Crippen LogP contribution in [0.25, 0.3) is 44.5 Å². The summed E-state index contributed by atoms with van der Waals surface area (Å²) < 4.78 is 0. The van der Waals surface area contributed by atoms with Gasteiger partial charge in [-0.3, -0.25) is 9.59 Å². The lowest BCUT2D eigenvalue weighted by atomic mass is 9.80. The Hall–Kier alpha value is -4.56. The predicted octanol–water partition coefficient (Wildman–Crippen LogP) is 7.74. The molecule has 34 heavy (non-hydrogen) atoms. The molecule has 0 heterocycles. The Bertz CT molecular complexity index is 1440. The highest BCUT2D eigenvalue weighted by atomic mass is 16.2. The molecule has 0 aliphatic carbocycles. The van der Waals surface area contributed by atoms with E-state index in [1.807, 2.05) is 109 Å². The van der Waals surface area contributed by atoms with Crippen LogP contribution >= 0.6 is 0 Å². The van der Waals surface area contributed by atoms with Crippen molar-refractivity contribution in [3.8, 4) is 44.5 Å². The third-order valence-electron chi connectivity index (χ3n) is 5.98. The van der Waals surface area contributed by atoms with Crippen molar-refractivity contribution in [2.75, 3.05) is 0 Å². The lowest BCUT2D eigenvalue weighted by Crippen LogP contribution is -2.08. The van der Waals surface area contributed by atoms with Gasteiger partial charge in [0.15, 0.2) is 6.29 Å². The van der Waals surface area contributed by atoms with Gasteiger partial charge in [0.1, 0.15) is 0 Å². The van der Waals surface area contributed by atoms with E-state index in [9.17, 15) is 9.59 Å². The standard InChI is InChI=1S/C32H22O2/c33-22-29(34)32-28(24-15-7-2-8-16-24)21-27(23-13-5-1-6-14-23)30(25-17-9-3-10-18-25)31(32)26-19-11-4-12-20-26/h1-22H. The van der Waals surface area contributed by atoms with Crippen molar-refractivity contribution in [2.24, 2.45) is 0 Å². The van der Waals surface area contributed by atoms with E-state index in [2.05, 4.69) is 18.2 Å². The van der Waals surface area contributed by atoms with Gasteiger partial charge in [0, 0.05) is 11.1 Å². The third kappa shape index (κ3) is 3.98. The monoisotopic (exact) mass is 438 g/mol. The van der Waals surface area contributed by atoms with E-state index >= 15 is 0 Å². The largest absolute Gasteiger partial charge is 0.294 e. The normalized spacial score (nSPS) is 10.6. The van der Waals surface area contributed by atoms with E-state index in [0.29, 0.717) is 11.8 Å². The zero-order valence-electron chi connectivity index (χ0n) is 18.5. The Morgan fingerprint density at radius 3 is 1.29 bits per heavy atom. The average molecular weight is 439 g/mol. The number of Topliss-reactive ketones (excluding diaryl/α,β-unsaturated/α-hetero) is 1. The molecular formula is C32H22O2. The Morgan fingerprint density at radius 2 is 0.853 bits per heavy atom. The zero-order valence-corrected chi connectivity index (χ0v) is 18.5. The summed E-state index contributed by atoms with van der Waals surface area (Å²) in [7, 11) is 0. The van der Waals surface area contributed by atoms with E-state index in [1.165, 1.54) is 0 Å². The molecule has 0 atom stereocenters. The Balaban J connectivity index is 2.01. The molecule has 2 heteroatoms. The number of hydrogen-bond donors (Lipinski definition) is 0. The number of benzene rings is 5. The maximum atomic E-state index is 13.3. The predicted molar refractivity (Wildman–Crippen MR) is 139 cm³/mol. The highest BCUT2D eigenvalue weighted by Crippen LogP contribution is 2.46. The molecule has 0 spiro atoms. The summed E-state index contributed by atoms with van der Waals surface area (Å²) in [6.45, 7) is 0. The highest BCUT2D eigenvalue weighted by Gasteiger charge is 2.25. The summed E-state index contributed by atoms with van der Waals surface area (Å²) in [5, 5.41) is 0. The number of carbonyl (C=O) groups is 2. The summed E-state index contributed by atoms with van der Waals surface area (Å²) >= 11 is 0. The average Bonchev–Trinajstić information content (AvgIpc) is 2.93. The third-order valence-corrected chi connectivity index (χ3v) is 5.98. The number of rotatable bonds is 6. The first-order chi connectivity index (χ1) is 16.8. The van der Waals surface area contributed by atoms with Crippen LogP contribution in [0.15, 0.2) is 127 Å². The molecular weight excluding hydrogens is 416 g/mol. The number of aldehydes is 1. The summed E-state index contributed by atoms with van der Waals surface area (Å²) in [6.07, 6.45) is 0.422. The van der Waals surface area contributed by atoms with E-state index in [4.69, 9.17) is 0 Å². The molecule has 162 valence electrons. The van der Waals surface area contributed by atoms with Crippen LogP contribution in [0.4, 0.5) is 0 Å². The van der Waals surface area contributed by atoms with Crippen molar-refractivity contribution in [2.45, 2.75) is 0 Å². The number of ketones is 1. The molecule has 0 aliphatic rings. The fourth-order valence-electron chi connectivity index (χ4n) is 4.49. The van der Waals surface area contributed by atoms with Gasteiger partial charge >= 0.3 is 0 Å². The second kappa shape index (κ2) is 9.51. The van der Waals surface area contributed by atoms with Crippen LogP contribution in [0, 0.1) is 0 Å². The van der Waals surface area contributed by atoms with Gasteiger partial charge in [0.05, 0.1) is 0 Å². The lowest BCUT2D eigenvalue weighted by molar-refractivity contribution is -0.104. The van der Waals surface area contributed by atoms with Crippen LogP contribution < -0.4 is 0 Å². The topological polar surface area (TPSA) is 34.1 Å². The molecule has 0 N–H and O–H groups in total. The van der Waals surface area contributed by atoms with Crippen molar-refractivity contribution in [3.05, 3.63) is 133 Å². The summed E-state index contributed by atoms with van der Waals surface area (Å²) in [4.78, 5) is 25.2. The van der Waals surface area contributed by atoms with Crippen molar-refractivity contribution in [1.82, 2.24) is 0 Å². The van der Waals surface area contributed by atoms with Gasteiger partial charge in [-0.05, 0) is 45.0 Å². The van der Waals surface area contributed by atoms with Gasteiger partial charge in [-0.1, -0.05) is 121 Å². The molecule has 0 aromatic heterocycles. The van der Waals surface area contributed by atoms with Gasteiger partial charge in [-0.2, -0.15) is 0 Å². The molecule has 5 aromatic carbocycles. The van der Waals surface area contributed by atoms with E-state index < -0.39 is 5.78 Å². The number of hydrogen-bond acceptors (Lipinski definition) is 2. The van der Waals surface area contributed by atoms with Crippen LogP contribution in [0.5, 0.6) is 0 Å².